The molecule has 0 bridgehead atoms. The molecule has 20 heavy (non-hydrogen) atoms. The normalized spacial score (nSPS) is 10.2. The highest BCUT2D eigenvalue weighted by molar-refractivity contribution is 5.99. The minimum absolute atomic E-state index is 0.0992. The Bertz CT molecular complexity index is 607. The van der Waals surface area contributed by atoms with Crippen LogP contribution in [-0.4, -0.2) is 26.5 Å². The molecule has 0 aliphatic carbocycles. The molecule has 0 amide bonds. The number of benzene rings is 2. The smallest absolute Gasteiger partial charge is 0.182 e. The van der Waals surface area contributed by atoms with Crippen LogP contribution in [-0.2, 0) is 0 Å². The first-order valence-electron chi connectivity index (χ1n) is 6.56. The first-order chi connectivity index (χ1) is 9.61. The monoisotopic (exact) mass is 269 g/mol. The molecular weight excluding hydrogens is 250 g/mol. The van der Waals surface area contributed by atoms with Crippen LogP contribution in [0.2, 0.25) is 0 Å². The van der Waals surface area contributed by atoms with Crippen LogP contribution in [0, 0.1) is 6.92 Å². The standard InChI is InChI=1S/C17H19NO2/c1-13-7-6-8-14(11-13)16(19)12-18(2)15-9-4-5-10-17(15)20-3/h4-11H,12H2,1-3H3. The largest absolute Gasteiger partial charge is 0.495 e. The SMILES string of the molecule is COc1ccccc1N(C)CC(=O)c1cccc(C)c1. The summed E-state index contributed by atoms with van der Waals surface area (Å²) in [5.41, 5.74) is 2.75. The first-order valence-corrected chi connectivity index (χ1v) is 6.56. The van der Waals surface area contributed by atoms with E-state index in [9.17, 15) is 4.79 Å². The zero-order valence-electron chi connectivity index (χ0n) is 12.1. The topological polar surface area (TPSA) is 29.5 Å². The summed E-state index contributed by atoms with van der Waals surface area (Å²) in [6.45, 7) is 2.31. The minimum atomic E-state index is 0.0992. The van der Waals surface area contributed by atoms with E-state index >= 15 is 0 Å². The number of hydrogen-bond donors (Lipinski definition) is 0. The maximum Gasteiger partial charge on any atom is 0.182 e. The lowest BCUT2D eigenvalue weighted by molar-refractivity contribution is 0.1000. The molecule has 2 aromatic carbocycles. The second-order valence-corrected chi connectivity index (χ2v) is 4.82. The number of anilines is 1. The van der Waals surface area contributed by atoms with E-state index in [1.54, 1.807) is 7.11 Å². The molecule has 0 N–H and O–H groups in total. The number of rotatable bonds is 5. The highest BCUT2D eigenvalue weighted by Crippen LogP contribution is 2.26. The average molecular weight is 269 g/mol. The van der Waals surface area contributed by atoms with Crippen LogP contribution in [0.25, 0.3) is 0 Å². The molecule has 0 aromatic heterocycles. The Balaban J connectivity index is 2.15. The van der Waals surface area contributed by atoms with Gasteiger partial charge in [0.15, 0.2) is 5.78 Å². The molecule has 3 nitrogen and oxygen atoms in total. The lowest BCUT2D eigenvalue weighted by Crippen LogP contribution is -2.26. The van der Waals surface area contributed by atoms with Gasteiger partial charge in [-0.05, 0) is 25.1 Å². The number of carbonyl (C=O) groups excluding carboxylic acids is 1. The molecule has 0 fully saturated rings. The van der Waals surface area contributed by atoms with E-state index in [-0.39, 0.29) is 5.78 Å². The van der Waals surface area contributed by atoms with Crippen molar-refractivity contribution < 1.29 is 9.53 Å². The summed E-state index contributed by atoms with van der Waals surface area (Å²) < 4.78 is 5.32. The summed E-state index contributed by atoms with van der Waals surface area (Å²) >= 11 is 0. The van der Waals surface area contributed by atoms with Gasteiger partial charge in [-0.3, -0.25) is 4.79 Å². The Labute approximate surface area is 119 Å². The Morgan fingerprint density at radius 2 is 1.90 bits per heavy atom. The van der Waals surface area contributed by atoms with Gasteiger partial charge in [0.2, 0.25) is 0 Å². The highest BCUT2D eigenvalue weighted by Gasteiger charge is 2.12. The fourth-order valence-corrected chi connectivity index (χ4v) is 2.16. The van der Waals surface area contributed by atoms with E-state index in [1.165, 1.54) is 0 Å². The molecule has 0 heterocycles. The van der Waals surface area contributed by atoms with Crippen LogP contribution in [0.1, 0.15) is 15.9 Å². The number of aryl methyl sites for hydroxylation is 1. The van der Waals surface area contributed by atoms with Gasteiger partial charge in [0.1, 0.15) is 5.75 Å². The maximum absolute atomic E-state index is 12.3. The summed E-state index contributed by atoms with van der Waals surface area (Å²) in [6, 6.07) is 15.4. The summed E-state index contributed by atoms with van der Waals surface area (Å²) in [7, 11) is 3.53. The predicted molar refractivity (Wildman–Crippen MR) is 81.8 cm³/mol. The predicted octanol–water partition coefficient (Wildman–Crippen LogP) is 3.32. The number of para-hydroxylation sites is 2. The molecule has 2 rings (SSSR count). The third kappa shape index (κ3) is 3.18. The first kappa shape index (κ1) is 14.1. The van der Waals surface area contributed by atoms with Crippen molar-refractivity contribution in [2.75, 3.05) is 25.6 Å². The lowest BCUT2D eigenvalue weighted by atomic mass is 10.1. The van der Waals surface area contributed by atoms with Gasteiger partial charge in [-0.2, -0.15) is 0 Å². The average Bonchev–Trinajstić information content (AvgIpc) is 2.47. The van der Waals surface area contributed by atoms with E-state index in [1.807, 2.05) is 67.4 Å². The highest BCUT2D eigenvalue weighted by atomic mass is 16.5. The van der Waals surface area contributed by atoms with Crippen LogP contribution >= 0.6 is 0 Å². The molecule has 0 saturated heterocycles. The number of methoxy groups -OCH3 is 1. The Hall–Kier alpha value is -2.29. The third-order valence-corrected chi connectivity index (χ3v) is 3.22. The summed E-state index contributed by atoms with van der Waals surface area (Å²) in [5.74, 6) is 0.870. The van der Waals surface area contributed by atoms with Gasteiger partial charge >= 0.3 is 0 Å². The van der Waals surface area contributed by atoms with Crippen molar-refractivity contribution >= 4 is 11.5 Å². The fourth-order valence-electron chi connectivity index (χ4n) is 2.16. The molecular formula is C17H19NO2. The molecule has 0 atom stereocenters. The van der Waals surface area contributed by atoms with Crippen molar-refractivity contribution in [3.63, 3.8) is 0 Å². The Kier molecular flexibility index (Phi) is 4.41. The number of likely N-dealkylation sites (N-methyl/N-ethyl adjacent to an activating group) is 1. The third-order valence-electron chi connectivity index (χ3n) is 3.22. The molecule has 0 radical (unpaired) electrons. The second-order valence-electron chi connectivity index (χ2n) is 4.82. The molecule has 0 unspecified atom stereocenters. The zero-order chi connectivity index (χ0) is 14.5. The van der Waals surface area contributed by atoms with Crippen LogP contribution in [0.4, 0.5) is 5.69 Å². The molecule has 3 heteroatoms. The van der Waals surface area contributed by atoms with Gasteiger partial charge in [-0.15, -0.1) is 0 Å². The van der Waals surface area contributed by atoms with Crippen molar-refractivity contribution in [2.45, 2.75) is 6.92 Å². The van der Waals surface area contributed by atoms with Gasteiger partial charge in [-0.25, -0.2) is 0 Å². The number of carbonyl (C=O) groups is 1. The van der Waals surface area contributed by atoms with Crippen molar-refractivity contribution in [1.29, 1.82) is 0 Å². The van der Waals surface area contributed by atoms with Crippen LogP contribution in [0.5, 0.6) is 5.75 Å². The number of ether oxygens (including phenoxy) is 1. The quantitative estimate of drug-likeness (QED) is 0.780. The Morgan fingerprint density at radius 3 is 2.60 bits per heavy atom. The molecule has 0 spiro atoms. The van der Waals surface area contributed by atoms with Crippen LogP contribution < -0.4 is 9.64 Å². The molecule has 0 aliphatic heterocycles. The van der Waals surface area contributed by atoms with Crippen molar-refractivity contribution in [1.82, 2.24) is 0 Å². The summed E-state index contributed by atoms with van der Waals surface area (Å²) in [5, 5.41) is 0. The van der Waals surface area contributed by atoms with Gasteiger partial charge in [0.25, 0.3) is 0 Å². The minimum Gasteiger partial charge on any atom is -0.495 e. The molecule has 104 valence electrons. The van der Waals surface area contributed by atoms with Gasteiger partial charge in [-0.1, -0.05) is 35.9 Å². The molecule has 2 aromatic rings. The van der Waals surface area contributed by atoms with Gasteiger partial charge < -0.3 is 9.64 Å². The lowest BCUT2D eigenvalue weighted by Gasteiger charge is -2.21. The van der Waals surface area contributed by atoms with Crippen molar-refractivity contribution in [3.05, 3.63) is 59.7 Å². The van der Waals surface area contributed by atoms with E-state index in [4.69, 9.17) is 4.74 Å². The zero-order valence-corrected chi connectivity index (χ0v) is 12.1. The van der Waals surface area contributed by atoms with Crippen molar-refractivity contribution in [3.8, 4) is 5.75 Å². The summed E-state index contributed by atoms with van der Waals surface area (Å²) in [6.07, 6.45) is 0. The number of hydrogen-bond acceptors (Lipinski definition) is 3. The number of nitrogens with zero attached hydrogens (tertiary/aromatic N) is 1. The van der Waals surface area contributed by atoms with E-state index in [2.05, 4.69) is 0 Å². The van der Waals surface area contributed by atoms with E-state index < -0.39 is 0 Å². The van der Waals surface area contributed by atoms with E-state index in [0.717, 1.165) is 22.6 Å². The summed E-state index contributed by atoms with van der Waals surface area (Å²) in [4.78, 5) is 14.2. The van der Waals surface area contributed by atoms with Crippen LogP contribution in [0.15, 0.2) is 48.5 Å². The van der Waals surface area contributed by atoms with Gasteiger partial charge in [0.05, 0.1) is 19.3 Å². The number of ketones is 1. The molecule has 0 aliphatic rings. The van der Waals surface area contributed by atoms with E-state index in [0.29, 0.717) is 6.54 Å². The van der Waals surface area contributed by atoms with Crippen LogP contribution in [0.3, 0.4) is 0 Å². The molecule has 0 saturated carbocycles. The van der Waals surface area contributed by atoms with Gasteiger partial charge in [0, 0.05) is 12.6 Å². The maximum atomic E-state index is 12.3. The fraction of sp³-hybridized carbons (Fsp3) is 0.235. The van der Waals surface area contributed by atoms with Crippen molar-refractivity contribution in [2.24, 2.45) is 0 Å². The second kappa shape index (κ2) is 6.24. The number of Topliss-reactive ketones (excluding diaryl/α,β-unsaturated/α-hetero) is 1. The Morgan fingerprint density at radius 1 is 1.15 bits per heavy atom.